The number of para-hydroxylation sites is 1. The van der Waals surface area contributed by atoms with Crippen molar-refractivity contribution in [2.45, 2.75) is 25.9 Å². The van der Waals surface area contributed by atoms with Crippen molar-refractivity contribution < 1.29 is 28.3 Å². The van der Waals surface area contributed by atoms with Gasteiger partial charge in [0.1, 0.15) is 11.5 Å². The van der Waals surface area contributed by atoms with Crippen LogP contribution < -0.4 is 10.1 Å². The van der Waals surface area contributed by atoms with Gasteiger partial charge in [-0.1, -0.05) is 18.2 Å². The number of amides is 2. The van der Waals surface area contributed by atoms with Gasteiger partial charge in [0.25, 0.3) is 11.8 Å². The number of carbonyl (C=O) groups is 3. The smallest absolute Gasteiger partial charge is 0.309 e. The molecule has 34 heavy (non-hydrogen) atoms. The molecule has 2 amide bonds. The molecule has 2 aromatic carbocycles. The molecule has 1 aliphatic heterocycles. The van der Waals surface area contributed by atoms with E-state index in [1.54, 1.807) is 41.3 Å². The number of likely N-dealkylation sites (tertiary alicyclic amines) is 1. The van der Waals surface area contributed by atoms with E-state index in [2.05, 4.69) is 5.32 Å². The number of esters is 1. The molecule has 1 aromatic heterocycles. The summed E-state index contributed by atoms with van der Waals surface area (Å²) >= 11 is 0. The maximum absolute atomic E-state index is 12.5. The van der Waals surface area contributed by atoms with Crippen LogP contribution in [0.4, 0.5) is 5.69 Å². The van der Waals surface area contributed by atoms with E-state index in [1.165, 1.54) is 13.2 Å². The summed E-state index contributed by atoms with van der Waals surface area (Å²) in [5, 5.41) is 2.74. The van der Waals surface area contributed by atoms with Crippen LogP contribution in [0.15, 0.2) is 77.4 Å². The molecular weight excluding hydrogens is 436 g/mol. The van der Waals surface area contributed by atoms with Gasteiger partial charge in [-0.2, -0.15) is 0 Å². The number of anilines is 1. The molecule has 3 aromatic rings. The third kappa shape index (κ3) is 5.83. The summed E-state index contributed by atoms with van der Waals surface area (Å²) in [5.74, 6) is 0.243. The van der Waals surface area contributed by atoms with E-state index in [4.69, 9.17) is 13.9 Å². The second kappa shape index (κ2) is 10.7. The lowest BCUT2D eigenvalue weighted by molar-refractivity contribution is -0.158. The van der Waals surface area contributed by atoms with E-state index in [1.807, 2.05) is 30.3 Å². The highest BCUT2D eigenvalue weighted by Gasteiger charge is 2.31. The van der Waals surface area contributed by atoms with Gasteiger partial charge in [0.2, 0.25) is 0 Å². The van der Waals surface area contributed by atoms with Gasteiger partial charge in [-0.25, -0.2) is 0 Å². The van der Waals surface area contributed by atoms with Crippen LogP contribution in [0.2, 0.25) is 0 Å². The first-order valence-electron chi connectivity index (χ1n) is 11.2. The lowest BCUT2D eigenvalue weighted by Crippen LogP contribution is -2.41. The number of piperidine rings is 1. The summed E-state index contributed by atoms with van der Waals surface area (Å²) in [6.07, 6.45) is 1.46. The van der Waals surface area contributed by atoms with Crippen molar-refractivity contribution in [1.29, 1.82) is 0 Å². The van der Waals surface area contributed by atoms with Crippen LogP contribution in [0, 0.1) is 5.92 Å². The van der Waals surface area contributed by atoms with E-state index in [0.29, 0.717) is 37.4 Å². The quantitative estimate of drug-likeness (QED) is 0.520. The molecule has 1 aliphatic rings. The molecule has 0 spiro atoms. The van der Waals surface area contributed by atoms with Gasteiger partial charge < -0.3 is 24.1 Å². The molecule has 1 fully saturated rings. The van der Waals surface area contributed by atoms with Crippen LogP contribution in [0.3, 0.4) is 0 Å². The minimum atomic E-state index is -0.949. The van der Waals surface area contributed by atoms with Crippen molar-refractivity contribution in [2.24, 2.45) is 5.92 Å². The zero-order valence-corrected chi connectivity index (χ0v) is 18.8. The lowest BCUT2D eigenvalue weighted by Gasteiger charge is -2.30. The Hall–Kier alpha value is -4.07. The Labute approximate surface area is 197 Å². The Bertz CT molecular complexity index is 1100. The number of nitrogens with zero attached hydrogens (tertiary/aromatic N) is 1. The Morgan fingerprint density at radius 3 is 2.26 bits per heavy atom. The molecular formula is C26H26N2O6. The van der Waals surface area contributed by atoms with Crippen molar-refractivity contribution in [1.82, 2.24) is 4.90 Å². The number of hydrogen-bond donors (Lipinski definition) is 1. The van der Waals surface area contributed by atoms with Crippen LogP contribution in [0.1, 0.15) is 30.3 Å². The Kier molecular flexibility index (Phi) is 7.27. The molecule has 8 nitrogen and oxygen atoms in total. The predicted octanol–water partition coefficient (Wildman–Crippen LogP) is 4.49. The number of nitrogens with one attached hydrogen (secondary N) is 1. The van der Waals surface area contributed by atoms with Crippen LogP contribution >= 0.6 is 0 Å². The standard InChI is InChI=1S/C26H26N2O6/c1-18(24(29)27-20-9-11-22(12-10-20)34-21-6-3-2-4-7-21)33-26(31)19-13-15-28(16-14-19)25(30)23-8-5-17-32-23/h2-12,17-19H,13-16H2,1H3,(H,27,29). The highest BCUT2D eigenvalue weighted by molar-refractivity contribution is 5.95. The number of ether oxygens (including phenoxy) is 2. The molecule has 0 saturated carbocycles. The molecule has 1 saturated heterocycles. The average molecular weight is 463 g/mol. The highest BCUT2D eigenvalue weighted by atomic mass is 16.5. The molecule has 1 N–H and O–H groups in total. The fourth-order valence-electron chi connectivity index (χ4n) is 3.67. The SMILES string of the molecule is CC(OC(=O)C1CCN(C(=O)c2ccco2)CC1)C(=O)Nc1ccc(Oc2ccccc2)cc1. The molecule has 0 aliphatic carbocycles. The summed E-state index contributed by atoms with van der Waals surface area (Å²) in [6.45, 7) is 2.39. The second-order valence-electron chi connectivity index (χ2n) is 8.05. The van der Waals surface area contributed by atoms with Crippen molar-refractivity contribution in [3.05, 3.63) is 78.8 Å². The molecule has 8 heteroatoms. The number of hydrogen-bond acceptors (Lipinski definition) is 6. The van der Waals surface area contributed by atoms with Crippen molar-refractivity contribution in [3.63, 3.8) is 0 Å². The third-order valence-corrected chi connectivity index (χ3v) is 5.61. The predicted molar refractivity (Wildman–Crippen MR) is 124 cm³/mol. The minimum absolute atomic E-state index is 0.190. The maximum Gasteiger partial charge on any atom is 0.309 e. The van der Waals surface area contributed by atoms with Crippen molar-refractivity contribution in [2.75, 3.05) is 18.4 Å². The molecule has 0 bridgehead atoms. The van der Waals surface area contributed by atoms with Crippen LogP contribution in [0.25, 0.3) is 0 Å². The first kappa shape index (κ1) is 23.1. The fourth-order valence-corrected chi connectivity index (χ4v) is 3.67. The van der Waals surface area contributed by atoms with Crippen molar-refractivity contribution in [3.8, 4) is 11.5 Å². The molecule has 1 atom stereocenters. The summed E-state index contributed by atoms with van der Waals surface area (Å²) in [5.41, 5.74) is 0.568. The largest absolute Gasteiger partial charge is 0.459 e. The monoisotopic (exact) mass is 462 g/mol. The van der Waals surface area contributed by atoms with Gasteiger partial charge in [-0.15, -0.1) is 0 Å². The molecule has 4 rings (SSSR count). The van der Waals surface area contributed by atoms with Gasteiger partial charge >= 0.3 is 5.97 Å². The topological polar surface area (TPSA) is 98.1 Å². The first-order chi connectivity index (χ1) is 16.5. The summed E-state index contributed by atoms with van der Waals surface area (Å²) < 4.78 is 16.3. The van der Waals surface area contributed by atoms with Gasteiger partial charge in [0, 0.05) is 18.8 Å². The van der Waals surface area contributed by atoms with Crippen LogP contribution in [-0.2, 0) is 14.3 Å². The number of furan rings is 1. The van der Waals surface area contributed by atoms with Gasteiger partial charge in [0.05, 0.1) is 12.2 Å². The Balaban J connectivity index is 1.22. The van der Waals surface area contributed by atoms with Crippen molar-refractivity contribution >= 4 is 23.5 Å². The maximum atomic E-state index is 12.5. The number of rotatable bonds is 7. The average Bonchev–Trinajstić information content (AvgIpc) is 3.40. The molecule has 0 radical (unpaired) electrons. The van der Waals surface area contributed by atoms with E-state index in [9.17, 15) is 14.4 Å². The Morgan fingerprint density at radius 1 is 0.941 bits per heavy atom. The highest BCUT2D eigenvalue weighted by Crippen LogP contribution is 2.24. The third-order valence-electron chi connectivity index (χ3n) is 5.61. The molecule has 176 valence electrons. The summed E-state index contributed by atoms with van der Waals surface area (Å²) in [6, 6.07) is 19.6. The summed E-state index contributed by atoms with van der Waals surface area (Å²) in [4.78, 5) is 39.0. The van der Waals surface area contributed by atoms with Crippen LogP contribution in [0.5, 0.6) is 11.5 Å². The molecule has 2 heterocycles. The Morgan fingerprint density at radius 2 is 1.62 bits per heavy atom. The lowest BCUT2D eigenvalue weighted by atomic mass is 9.97. The zero-order chi connectivity index (χ0) is 23.9. The first-order valence-corrected chi connectivity index (χ1v) is 11.2. The van der Waals surface area contributed by atoms with E-state index >= 15 is 0 Å². The van der Waals surface area contributed by atoms with Gasteiger partial charge in [-0.3, -0.25) is 14.4 Å². The fraction of sp³-hybridized carbons (Fsp3) is 0.269. The van der Waals surface area contributed by atoms with E-state index in [0.717, 1.165) is 5.75 Å². The normalized spacial score (nSPS) is 14.8. The molecule has 1 unspecified atom stereocenters. The van der Waals surface area contributed by atoms with E-state index < -0.39 is 18.0 Å². The van der Waals surface area contributed by atoms with E-state index in [-0.39, 0.29) is 17.6 Å². The number of benzene rings is 2. The summed E-state index contributed by atoms with van der Waals surface area (Å²) in [7, 11) is 0. The minimum Gasteiger partial charge on any atom is -0.459 e. The van der Waals surface area contributed by atoms with Gasteiger partial charge in [0.15, 0.2) is 11.9 Å². The number of carbonyl (C=O) groups excluding carboxylic acids is 3. The second-order valence-corrected chi connectivity index (χ2v) is 8.05. The van der Waals surface area contributed by atoms with Gasteiger partial charge in [-0.05, 0) is 68.3 Å². The van der Waals surface area contributed by atoms with Crippen LogP contribution in [-0.4, -0.2) is 41.9 Å². The zero-order valence-electron chi connectivity index (χ0n) is 18.8.